The average Bonchev–Trinajstić information content (AvgIpc) is 2.90. The Morgan fingerprint density at radius 1 is 1.47 bits per heavy atom. The second-order valence-electron chi connectivity index (χ2n) is 5.23. The summed E-state index contributed by atoms with van der Waals surface area (Å²) in [5.74, 6) is 0.105. The first-order valence-electron chi connectivity index (χ1n) is 6.99. The van der Waals surface area contributed by atoms with E-state index in [4.69, 9.17) is 9.47 Å². The van der Waals surface area contributed by atoms with Crippen molar-refractivity contribution >= 4 is 18.3 Å². The fourth-order valence-corrected chi connectivity index (χ4v) is 2.39. The molecule has 2 aliphatic rings. The average molecular weight is 293 g/mol. The molecule has 2 fully saturated rings. The Hall–Kier alpha value is -0.360. The number of piperidine rings is 1. The maximum atomic E-state index is 12.0. The van der Waals surface area contributed by atoms with Crippen LogP contribution in [-0.2, 0) is 14.3 Å². The van der Waals surface area contributed by atoms with Gasteiger partial charge in [-0.05, 0) is 32.7 Å². The van der Waals surface area contributed by atoms with Crippen LogP contribution in [0.3, 0.4) is 0 Å². The van der Waals surface area contributed by atoms with Gasteiger partial charge in [0.2, 0.25) is 5.91 Å². The third-order valence-electron chi connectivity index (χ3n) is 3.49. The van der Waals surface area contributed by atoms with Gasteiger partial charge in [-0.25, -0.2) is 0 Å². The van der Waals surface area contributed by atoms with Crippen molar-refractivity contribution in [3.63, 3.8) is 0 Å². The summed E-state index contributed by atoms with van der Waals surface area (Å²) in [4.78, 5) is 12.0. The Kier molecular flexibility index (Phi) is 7.68. The van der Waals surface area contributed by atoms with Crippen LogP contribution in [0.25, 0.3) is 0 Å². The molecule has 2 heterocycles. The lowest BCUT2D eigenvalue weighted by Gasteiger charge is -2.25. The highest BCUT2D eigenvalue weighted by Gasteiger charge is 2.22. The summed E-state index contributed by atoms with van der Waals surface area (Å²) in [6.45, 7) is 4.97. The molecule has 0 radical (unpaired) electrons. The second kappa shape index (κ2) is 8.74. The monoisotopic (exact) mass is 292 g/mol. The number of rotatable bonds is 5. The molecule has 0 bridgehead atoms. The standard InChI is InChI=1S/C13H24N2O3.ClH/c1-10(8-18-11-5-7-17-9-11)15-13(16)12-4-2-3-6-14-12;/h10-12,14H,2-9H2,1H3,(H,15,16);1H. The van der Waals surface area contributed by atoms with E-state index in [2.05, 4.69) is 10.6 Å². The number of ether oxygens (including phenoxy) is 2. The van der Waals surface area contributed by atoms with Gasteiger partial charge >= 0.3 is 0 Å². The van der Waals surface area contributed by atoms with Crippen LogP contribution in [0.1, 0.15) is 32.6 Å². The molecule has 5 nitrogen and oxygen atoms in total. The van der Waals surface area contributed by atoms with Gasteiger partial charge in [0.15, 0.2) is 0 Å². The van der Waals surface area contributed by atoms with Crippen LogP contribution in [0, 0.1) is 0 Å². The Morgan fingerprint density at radius 3 is 2.95 bits per heavy atom. The first kappa shape index (κ1) is 16.7. The van der Waals surface area contributed by atoms with E-state index in [-0.39, 0.29) is 36.5 Å². The molecule has 19 heavy (non-hydrogen) atoms. The van der Waals surface area contributed by atoms with E-state index in [1.165, 1.54) is 6.42 Å². The zero-order valence-electron chi connectivity index (χ0n) is 11.5. The van der Waals surface area contributed by atoms with Crippen molar-refractivity contribution in [1.82, 2.24) is 10.6 Å². The van der Waals surface area contributed by atoms with E-state index < -0.39 is 0 Å². The number of hydrogen-bond acceptors (Lipinski definition) is 4. The molecule has 2 saturated heterocycles. The fourth-order valence-electron chi connectivity index (χ4n) is 2.39. The normalized spacial score (nSPS) is 28.5. The van der Waals surface area contributed by atoms with Gasteiger partial charge in [-0.3, -0.25) is 4.79 Å². The van der Waals surface area contributed by atoms with Crippen LogP contribution in [0.4, 0.5) is 0 Å². The van der Waals surface area contributed by atoms with E-state index in [1.54, 1.807) is 0 Å². The quantitative estimate of drug-likeness (QED) is 0.789. The molecule has 0 aliphatic carbocycles. The maximum Gasteiger partial charge on any atom is 0.237 e. The van der Waals surface area contributed by atoms with Crippen molar-refractivity contribution in [3.8, 4) is 0 Å². The first-order chi connectivity index (χ1) is 8.75. The van der Waals surface area contributed by atoms with E-state index in [0.717, 1.165) is 32.4 Å². The molecule has 0 aromatic rings. The Bertz CT molecular complexity index is 267. The molecule has 2 N–H and O–H groups in total. The summed E-state index contributed by atoms with van der Waals surface area (Å²) in [6, 6.07) is 0.0397. The minimum absolute atomic E-state index is 0. The van der Waals surface area contributed by atoms with Gasteiger partial charge < -0.3 is 20.1 Å². The number of carbonyl (C=O) groups excluding carboxylic acids is 1. The summed E-state index contributed by atoms with van der Waals surface area (Å²) in [7, 11) is 0. The van der Waals surface area contributed by atoms with Crippen LogP contribution in [0.15, 0.2) is 0 Å². The third-order valence-corrected chi connectivity index (χ3v) is 3.49. The summed E-state index contributed by atoms with van der Waals surface area (Å²) in [5, 5.41) is 6.25. The van der Waals surface area contributed by atoms with Crippen LogP contribution in [-0.4, -0.2) is 50.5 Å². The molecule has 0 spiro atoms. The van der Waals surface area contributed by atoms with Crippen molar-refractivity contribution in [2.75, 3.05) is 26.4 Å². The van der Waals surface area contributed by atoms with Crippen molar-refractivity contribution < 1.29 is 14.3 Å². The van der Waals surface area contributed by atoms with Gasteiger partial charge in [0.1, 0.15) is 0 Å². The number of nitrogens with one attached hydrogen (secondary N) is 2. The predicted molar refractivity (Wildman–Crippen MR) is 75.7 cm³/mol. The zero-order chi connectivity index (χ0) is 12.8. The molecule has 1 amide bonds. The number of halogens is 1. The van der Waals surface area contributed by atoms with Crippen molar-refractivity contribution in [2.45, 2.75) is 50.8 Å². The first-order valence-corrected chi connectivity index (χ1v) is 6.99. The van der Waals surface area contributed by atoms with Crippen LogP contribution in [0.2, 0.25) is 0 Å². The molecular weight excluding hydrogens is 268 g/mol. The molecule has 2 aliphatic heterocycles. The fraction of sp³-hybridized carbons (Fsp3) is 0.923. The molecular formula is C13H25ClN2O3. The smallest absolute Gasteiger partial charge is 0.237 e. The molecule has 2 rings (SSSR count). The number of hydrogen-bond donors (Lipinski definition) is 2. The molecule has 3 unspecified atom stereocenters. The van der Waals surface area contributed by atoms with Gasteiger partial charge in [-0.1, -0.05) is 6.42 Å². The number of amides is 1. The third kappa shape index (κ3) is 5.65. The molecule has 112 valence electrons. The zero-order valence-corrected chi connectivity index (χ0v) is 12.3. The van der Waals surface area contributed by atoms with Gasteiger partial charge in [-0.15, -0.1) is 12.4 Å². The van der Waals surface area contributed by atoms with E-state index in [9.17, 15) is 4.79 Å². The highest BCUT2D eigenvalue weighted by Crippen LogP contribution is 2.09. The lowest BCUT2D eigenvalue weighted by molar-refractivity contribution is -0.124. The van der Waals surface area contributed by atoms with Crippen molar-refractivity contribution in [1.29, 1.82) is 0 Å². The minimum atomic E-state index is -0.0176. The minimum Gasteiger partial charge on any atom is -0.379 e. The summed E-state index contributed by atoms with van der Waals surface area (Å²) >= 11 is 0. The summed E-state index contributed by atoms with van der Waals surface area (Å²) in [5.41, 5.74) is 0. The Labute approximate surface area is 121 Å². The van der Waals surface area contributed by atoms with E-state index >= 15 is 0 Å². The number of carbonyl (C=O) groups is 1. The van der Waals surface area contributed by atoms with Crippen LogP contribution in [0.5, 0.6) is 0 Å². The van der Waals surface area contributed by atoms with E-state index in [0.29, 0.717) is 13.2 Å². The van der Waals surface area contributed by atoms with E-state index in [1.807, 2.05) is 6.92 Å². The highest BCUT2D eigenvalue weighted by molar-refractivity contribution is 5.85. The van der Waals surface area contributed by atoms with Crippen molar-refractivity contribution in [2.24, 2.45) is 0 Å². The van der Waals surface area contributed by atoms with Gasteiger partial charge in [0.25, 0.3) is 0 Å². The molecule has 3 atom stereocenters. The summed E-state index contributed by atoms with van der Waals surface area (Å²) in [6.07, 6.45) is 4.41. The SMILES string of the molecule is CC(COC1CCOC1)NC(=O)C1CCCCN1.Cl. The maximum absolute atomic E-state index is 12.0. The molecule has 0 aromatic heterocycles. The highest BCUT2D eigenvalue weighted by atomic mass is 35.5. The molecule has 0 aromatic carbocycles. The summed E-state index contributed by atoms with van der Waals surface area (Å²) < 4.78 is 10.9. The van der Waals surface area contributed by atoms with Crippen LogP contribution >= 0.6 is 12.4 Å². The second-order valence-corrected chi connectivity index (χ2v) is 5.23. The van der Waals surface area contributed by atoms with Crippen molar-refractivity contribution in [3.05, 3.63) is 0 Å². The Balaban J connectivity index is 0.00000180. The molecule has 0 saturated carbocycles. The van der Waals surface area contributed by atoms with Gasteiger partial charge in [-0.2, -0.15) is 0 Å². The topological polar surface area (TPSA) is 59.6 Å². The van der Waals surface area contributed by atoms with Crippen LogP contribution < -0.4 is 10.6 Å². The van der Waals surface area contributed by atoms with Gasteiger partial charge in [0, 0.05) is 12.6 Å². The predicted octanol–water partition coefficient (Wildman–Crippen LogP) is 0.861. The molecule has 6 heteroatoms. The lowest BCUT2D eigenvalue weighted by atomic mass is 10.0. The largest absolute Gasteiger partial charge is 0.379 e. The lowest BCUT2D eigenvalue weighted by Crippen LogP contribution is -2.50. The van der Waals surface area contributed by atoms with Gasteiger partial charge in [0.05, 0.1) is 25.4 Å². The Morgan fingerprint density at radius 2 is 2.32 bits per heavy atom.